The molecule has 2 aromatic carbocycles. The third kappa shape index (κ3) is 4.10. The minimum Gasteiger partial charge on any atom is -0.462 e. The highest BCUT2D eigenvalue weighted by Gasteiger charge is 2.39. The lowest BCUT2D eigenvalue weighted by Gasteiger charge is -2.40. The largest absolute Gasteiger partial charge is 0.462 e. The maximum Gasteiger partial charge on any atom is 0.416 e. The van der Waals surface area contributed by atoms with Gasteiger partial charge in [-0.05, 0) is 66.1 Å². The lowest BCUT2D eigenvalue weighted by Crippen LogP contribution is -2.44. The molecule has 0 amide bonds. The average molecular weight is 567 g/mol. The molecule has 3 aromatic rings. The lowest BCUT2D eigenvalue weighted by atomic mass is 10.0. The van der Waals surface area contributed by atoms with Gasteiger partial charge in [0.15, 0.2) is 0 Å². The van der Waals surface area contributed by atoms with E-state index in [0.29, 0.717) is 11.4 Å². The summed E-state index contributed by atoms with van der Waals surface area (Å²) in [7, 11) is -0.364. The topological polar surface area (TPSA) is 117 Å². The van der Waals surface area contributed by atoms with Gasteiger partial charge in [0.05, 0.1) is 35.3 Å². The Hall–Kier alpha value is -3.75. The third-order valence-electron chi connectivity index (χ3n) is 7.12. The first-order chi connectivity index (χ1) is 18.3. The van der Waals surface area contributed by atoms with Crippen LogP contribution in [0.25, 0.3) is 5.69 Å². The predicted molar refractivity (Wildman–Crippen MR) is 140 cm³/mol. The zero-order valence-corrected chi connectivity index (χ0v) is 21.9. The molecular formula is C25H25F3N4O6S. The number of alkyl halides is 3. The Morgan fingerprint density at radius 1 is 1.10 bits per heavy atom. The number of fused-ring (bicyclic) bond motifs is 2. The first-order valence-electron chi connectivity index (χ1n) is 11.9. The summed E-state index contributed by atoms with van der Waals surface area (Å²) < 4.78 is 71.3. The molecule has 1 aliphatic carbocycles. The number of ether oxygens (including phenoxy) is 1. The molecule has 1 unspecified atom stereocenters. The first-order valence-corrected chi connectivity index (χ1v) is 13.4. The molecule has 1 atom stereocenters. The van der Waals surface area contributed by atoms with E-state index in [4.69, 9.17) is 4.74 Å². The van der Waals surface area contributed by atoms with Crippen LogP contribution in [0.1, 0.15) is 46.4 Å². The third-order valence-corrected chi connectivity index (χ3v) is 8.98. The summed E-state index contributed by atoms with van der Waals surface area (Å²) in [6.45, 7) is 1.50. The fourth-order valence-corrected chi connectivity index (χ4v) is 6.37. The quantitative estimate of drug-likeness (QED) is 0.452. The molecule has 208 valence electrons. The van der Waals surface area contributed by atoms with E-state index < -0.39 is 51.5 Å². The Labute approximate surface area is 222 Å². The van der Waals surface area contributed by atoms with Gasteiger partial charge >= 0.3 is 17.8 Å². The minimum absolute atomic E-state index is 0.00165. The second kappa shape index (κ2) is 9.17. The Balaban J connectivity index is 1.73. The van der Waals surface area contributed by atoms with Gasteiger partial charge in [-0.1, -0.05) is 12.1 Å². The molecule has 10 nitrogen and oxygen atoms in total. The summed E-state index contributed by atoms with van der Waals surface area (Å²) in [4.78, 5) is 40.0. The first kappa shape index (κ1) is 26.8. The highest BCUT2D eigenvalue weighted by molar-refractivity contribution is 8.26. The average Bonchev–Trinajstić information content (AvgIpc) is 3.37. The lowest BCUT2D eigenvalue weighted by molar-refractivity contribution is -0.138. The maximum absolute atomic E-state index is 13.8. The molecule has 0 bridgehead atoms. The second-order valence-electron chi connectivity index (χ2n) is 9.17. The standard InChI is InChI=1S/C25H25F3N4O6S/c1-4-38-23(34)17-13-31(14-8-10-20-21(12-14)30(3)39(36,37)29(20)2)24(35)32(22(17)33)19-11-9-15-16(19)6-5-7-18(15)25(26,27)28/h5-8,10,12-13,19,36-37H,4,9,11H2,1-3H3. The van der Waals surface area contributed by atoms with E-state index in [0.717, 1.165) is 21.4 Å². The highest BCUT2D eigenvalue weighted by Crippen LogP contribution is 2.59. The smallest absolute Gasteiger partial charge is 0.416 e. The summed E-state index contributed by atoms with van der Waals surface area (Å²) >= 11 is 0. The fraction of sp³-hybridized carbons (Fsp3) is 0.320. The van der Waals surface area contributed by atoms with Crippen molar-refractivity contribution >= 4 is 28.3 Å². The predicted octanol–water partition coefficient (Wildman–Crippen LogP) is 4.20. The number of benzene rings is 2. The molecular weight excluding hydrogens is 541 g/mol. The summed E-state index contributed by atoms with van der Waals surface area (Å²) in [5, 5.41) is 0. The van der Waals surface area contributed by atoms with Crippen LogP contribution in [-0.2, 0) is 17.3 Å². The monoisotopic (exact) mass is 566 g/mol. The van der Waals surface area contributed by atoms with E-state index in [1.807, 2.05) is 0 Å². The molecule has 0 saturated heterocycles. The normalized spacial score (nSPS) is 18.6. The second-order valence-corrected chi connectivity index (χ2v) is 11.2. The highest BCUT2D eigenvalue weighted by atomic mass is 32.3. The number of halogens is 3. The number of carbonyl (C=O) groups excluding carboxylic acids is 1. The van der Waals surface area contributed by atoms with E-state index in [-0.39, 0.29) is 36.3 Å². The molecule has 2 heterocycles. The van der Waals surface area contributed by atoms with Crippen LogP contribution in [0, 0.1) is 0 Å². The number of carbonyl (C=O) groups is 1. The van der Waals surface area contributed by atoms with Gasteiger partial charge in [-0.15, -0.1) is 0 Å². The molecule has 2 N–H and O–H groups in total. The van der Waals surface area contributed by atoms with E-state index in [2.05, 4.69) is 0 Å². The number of rotatable bonds is 4. The Kier molecular flexibility index (Phi) is 6.31. The number of anilines is 2. The van der Waals surface area contributed by atoms with Crippen molar-refractivity contribution in [1.29, 1.82) is 0 Å². The van der Waals surface area contributed by atoms with Crippen LogP contribution in [0.3, 0.4) is 0 Å². The van der Waals surface area contributed by atoms with Gasteiger partial charge in [0.2, 0.25) is 0 Å². The molecule has 1 aliphatic heterocycles. The van der Waals surface area contributed by atoms with Crippen molar-refractivity contribution in [2.45, 2.75) is 32.0 Å². The molecule has 1 aromatic heterocycles. The molecule has 5 rings (SSSR count). The van der Waals surface area contributed by atoms with Crippen LogP contribution >= 0.6 is 11.0 Å². The van der Waals surface area contributed by atoms with Crippen molar-refractivity contribution in [1.82, 2.24) is 9.13 Å². The van der Waals surface area contributed by atoms with Gasteiger partial charge in [-0.3, -0.25) is 31.6 Å². The zero-order valence-electron chi connectivity index (χ0n) is 21.1. The van der Waals surface area contributed by atoms with Crippen molar-refractivity contribution in [2.24, 2.45) is 0 Å². The van der Waals surface area contributed by atoms with E-state index in [1.54, 1.807) is 13.0 Å². The molecule has 39 heavy (non-hydrogen) atoms. The molecule has 2 aliphatic rings. The van der Waals surface area contributed by atoms with Crippen molar-refractivity contribution < 1.29 is 31.8 Å². The van der Waals surface area contributed by atoms with Crippen LogP contribution in [-0.4, -0.2) is 44.9 Å². The summed E-state index contributed by atoms with van der Waals surface area (Å²) in [6, 6.07) is 7.12. The van der Waals surface area contributed by atoms with Gasteiger partial charge in [0, 0.05) is 20.3 Å². The Morgan fingerprint density at radius 3 is 2.46 bits per heavy atom. The van der Waals surface area contributed by atoms with Gasteiger partial charge in [-0.25, -0.2) is 9.59 Å². The minimum atomic E-state index is -4.61. The zero-order chi connectivity index (χ0) is 28.4. The fourth-order valence-electron chi connectivity index (χ4n) is 5.17. The van der Waals surface area contributed by atoms with Crippen molar-refractivity contribution in [3.63, 3.8) is 0 Å². The van der Waals surface area contributed by atoms with Crippen LogP contribution in [0.4, 0.5) is 24.5 Å². The number of nitrogens with zero attached hydrogens (tertiary/aromatic N) is 4. The van der Waals surface area contributed by atoms with E-state index >= 15 is 0 Å². The maximum atomic E-state index is 13.8. The van der Waals surface area contributed by atoms with Crippen molar-refractivity contribution in [3.8, 4) is 5.69 Å². The summed E-state index contributed by atoms with van der Waals surface area (Å²) in [5.41, 5.74) is -1.92. The number of esters is 1. The molecule has 0 radical (unpaired) electrons. The van der Waals surface area contributed by atoms with Crippen molar-refractivity contribution in [3.05, 3.63) is 85.7 Å². The van der Waals surface area contributed by atoms with Crippen LogP contribution < -0.4 is 19.9 Å². The summed E-state index contributed by atoms with van der Waals surface area (Å²) in [6.07, 6.45) is -3.54. The number of aromatic nitrogens is 2. The summed E-state index contributed by atoms with van der Waals surface area (Å²) in [5.74, 6) is -0.987. The SMILES string of the molecule is CCOC(=O)c1cn(-c2ccc3c(c2)N(C)S(O)(O)N3C)c(=O)n(C2CCc3c2cccc3C(F)(F)F)c1=O. The van der Waals surface area contributed by atoms with Gasteiger partial charge < -0.3 is 4.74 Å². The van der Waals surface area contributed by atoms with Crippen LogP contribution in [0.5, 0.6) is 0 Å². The molecule has 0 spiro atoms. The van der Waals surface area contributed by atoms with E-state index in [9.17, 15) is 36.7 Å². The van der Waals surface area contributed by atoms with Crippen LogP contribution in [0.15, 0.2) is 52.2 Å². The Morgan fingerprint density at radius 2 is 1.79 bits per heavy atom. The Bertz CT molecular complexity index is 1620. The number of hydrogen-bond donors (Lipinski definition) is 2. The molecule has 0 fully saturated rings. The van der Waals surface area contributed by atoms with Crippen LogP contribution in [0.2, 0.25) is 0 Å². The van der Waals surface area contributed by atoms with Gasteiger partial charge in [-0.2, -0.15) is 13.2 Å². The molecule has 0 saturated carbocycles. The molecule has 14 heteroatoms. The van der Waals surface area contributed by atoms with Crippen molar-refractivity contribution in [2.75, 3.05) is 29.3 Å². The van der Waals surface area contributed by atoms with E-state index in [1.165, 1.54) is 47.0 Å². The number of hydrogen-bond acceptors (Lipinski definition) is 8. The van der Waals surface area contributed by atoms with Gasteiger partial charge in [0.1, 0.15) is 5.56 Å². The van der Waals surface area contributed by atoms with Gasteiger partial charge in [0.25, 0.3) is 5.56 Å².